The summed E-state index contributed by atoms with van der Waals surface area (Å²) in [5, 5.41) is 16.6. The van der Waals surface area contributed by atoms with E-state index in [2.05, 4.69) is 44.7 Å². The maximum Gasteiger partial charge on any atom is 0.358 e. The highest BCUT2D eigenvalue weighted by atomic mass is 16.5. The number of hydrogen-bond acceptors (Lipinski definition) is 8. The molecule has 2 aliphatic rings. The van der Waals surface area contributed by atoms with Gasteiger partial charge in [-0.25, -0.2) is 19.1 Å². The van der Waals surface area contributed by atoms with Crippen LogP contribution in [0.1, 0.15) is 51.2 Å². The molecule has 2 aliphatic heterocycles. The number of aryl methyl sites for hydroxylation is 4. The number of rotatable bonds is 2. The molecule has 0 amide bonds. The fraction of sp³-hybridized carbons (Fsp3) is 0.300. The molecule has 11 heteroatoms. The van der Waals surface area contributed by atoms with Crippen molar-refractivity contribution in [3.8, 4) is 28.2 Å². The number of carbonyl (C=O) groups excluding carboxylic acids is 2. The van der Waals surface area contributed by atoms with Crippen LogP contribution < -0.4 is 0 Å². The molecular formula is C30H30N8O3. The number of fused-ring (bicyclic) bond motifs is 8. The second-order valence-electron chi connectivity index (χ2n) is 10.4. The van der Waals surface area contributed by atoms with Crippen LogP contribution in [0.5, 0.6) is 0 Å². The number of aromatic nitrogens is 8. The lowest BCUT2D eigenvalue weighted by atomic mass is 9.98. The van der Waals surface area contributed by atoms with Gasteiger partial charge in [0.2, 0.25) is 0 Å². The number of ketones is 1. The highest BCUT2D eigenvalue weighted by Gasteiger charge is 2.28. The number of nitrogens with zero attached hydrogens (tertiary/aromatic N) is 8. The maximum atomic E-state index is 12.2. The van der Waals surface area contributed by atoms with Crippen molar-refractivity contribution in [3.63, 3.8) is 0 Å². The van der Waals surface area contributed by atoms with Gasteiger partial charge in [-0.05, 0) is 58.4 Å². The lowest BCUT2D eigenvalue weighted by molar-refractivity contribution is -0.119. The van der Waals surface area contributed by atoms with Crippen LogP contribution in [0, 0.1) is 27.7 Å². The molecule has 7 rings (SSSR count). The van der Waals surface area contributed by atoms with E-state index in [9.17, 15) is 9.59 Å². The molecule has 5 heterocycles. The highest BCUT2D eigenvalue weighted by molar-refractivity contribution is 5.89. The zero-order chi connectivity index (χ0) is 28.8. The summed E-state index contributed by atoms with van der Waals surface area (Å²) in [5.41, 5.74) is 11.3. The molecule has 3 aromatic heterocycles. The van der Waals surface area contributed by atoms with Crippen LogP contribution in [0.25, 0.3) is 28.2 Å². The van der Waals surface area contributed by atoms with E-state index in [-0.39, 0.29) is 5.78 Å². The lowest BCUT2D eigenvalue weighted by Gasteiger charge is -2.10. The Hall–Kier alpha value is -4.93. The van der Waals surface area contributed by atoms with E-state index in [1.807, 2.05) is 54.3 Å². The van der Waals surface area contributed by atoms with E-state index in [0.717, 1.165) is 56.4 Å². The zero-order valence-corrected chi connectivity index (χ0v) is 23.7. The Balaban J connectivity index is 0.000000156. The summed E-state index contributed by atoms with van der Waals surface area (Å²) < 4.78 is 10.6. The van der Waals surface area contributed by atoms with E-state index in [1.165, 1.54) is 5.56 Å². The van der Waals surface area contributed by atoms with Crippen LogP contribution in [0.4, 0.5) is 0 Å². The van der Waals surface area contributed by atoms with Gasteiger partial charge >= 0.3 is 5.97 Å². The summed E-state index contributed by atoms with van der Waals surface area (Å²) >= 11 is 0. The predicted molar refractivity (Wildman–Crippen MR) is 151 cm³/mol. The second kappa shape index (κ2) is 10.2. The van der Waals surface area contributed by atoms with Gasteiger partial charge in [-0.15, -0.1) is 10.2 Å². The van der Waals surface area contributed by atoms with Gasteiger partial charge in [0.15, 0.2) is 11.5 Å². The molecule has 0 saturated carbocycles. The van der Waals surface area contributed by atoms with Gasteiger partial charge in [-0.3, -0.25) is 9.36 Å². The smallest absolute Gasteiger partial charge is 0.358 e. The van der Waals surface area contributed by atoms with E-state index in [1.54, 1.807) is 17.9 Å². The molecular weight excluding hydrogens is 520 g/mol. The Labute approximate surface area is 236 Å². The van der Waals surface area contributed by atoms with Crippen LogP contribution >= 0.6 is 0 Å². The van der Waals surface area contributed by atoms with Crippen LogP contribution in [0.2, 0.25) is 0 Å². The average molecular weight is 551 g/mol. The molecule has 41 heavy (non-hydrogen) atoms. The van der Waals surface area contributed by atoms with E-state index >= 15 is 0 Å². The van der Waals surface area contributed by atoms with E-state index in [4.69, 9.17) is 4.74 Å². The third-order valence-corrected chi connectivity index (χ3v) is 7.34. The molecule has 0 aliphatic carbocycles. The molecule has 0 atom stereocenters. The molecule has 0 N–H and O–H groups in total. The number of ether oxygens (including phenoxy) is 1. The number of carbonyl (C=O) groups is 2. The van der Waals surface area contributed by atoms with Gasteiger partial charge in [0.25, 0.3) is 0 Å². The van der Waals surface area contributed by atoms with Gasteiger partial charge in [0.05, 0.1) is 47.3 Å². The van der Waals surface area contributed by atoms with Gasteiger partial charge in [0.1, 0.15) is 12.9 Å². The standard InChI is InChI=1S/C17H17N5O2.C13H13N3O/c1-4-24-17(23)15-14-8-22-16(11(3)19-20-22)12-7-10(2)5-6-13(12)21(14)9-18-15;1-8-3-4-10-6-11(17)7-16-13(12(10)5-8)9(2)14-15-16/h5-7,9H,4,8H2,1-3H3;3-5H,6-7H2,1-2H3. The fourth-order valence-electron chi connectivity index (χ4n) is 5.48. The van der Waals surface area contributed by atoms with Crippen LogP contribution in [0.3, 0.4) is 0 Å². The van der Waals surface area contributed by atoms with Crippen LogP contribution in [0.15, 0.2) is 42.7 Å². The lowest BCUT2D eigenvalue weighted by Crippen LogP contribution is -2.12. The van der Waals surface area contributed by atoms with Crippen molar-refractivity contribution in [1.82, 2.24) is 39.5 Å². The van der Waals surface area contributed by atoms with Crippen LogP contribution in [-0.4, -0.2) is 57.9 Å². The minimum absolute atomic E-state index is 0.179. The van der Waals surface area contributed by atoms with Crippen molar-refractivity contribution in [3.05, 3.63) is 82.2 Å². The van der Waals surface area contributed by atoms with Gasteiger partial charge in [0, 0.05) is 17.5 Å². The number of benzene rings is 2. The number of Topliss-reactive ketones (excluding diaryl/α,β-unsaturated/α-hetero) is 1. The summed E-state index contributed by atoms with van der Waals surface area (Å²) in [5.74, 6) is -0.237. The fourth-order valence-corrected chi connectivity index (χ4v) is 5.48. The minimum Gasteiger partial charge on any atom is -0.461 e. The van der Waals surface area contributed by atoms with Crippen molar-refractivity contribution < 1.29 is 14.3 Å². The SMILES string of the molecule is CCOC(=O)c1ncn2c1Cn1nnc(C)c1-c1cc(C)ccc1-2.Cc1ccc2c(c1)-c1c(C)nnn1CC(=O)C2. The first-order valence-electron chi connectivity index (χ1n) is 13.5. The molecule has 0 spiro atoms. The zero-order valence-electron chi connectivity index (χ0n) is 23.7. The minimum atomic E-state index is -0.416. The Morgan fingerprint density at radius 1 is 0.878 bits per heavy atom. The Morgan fingerprint density at radius 2 is 1.51 bits per heavy atom. The first kappa shape index (κ1) is 26.3. The Kier molecular flexibility index (Phi) is 6.56. The summed E-state index contributed by atoms with van der Waals surface area (Å²) in [6, 6.07) is 12.4. The summed E-state index contributed by atoms with van der Waals surface area (Å²) in [4.78, 5) is 28.3. The predicted octanol–water partition coefficient (Wildman–Crippen LogP) is 3.97. The second-order valence-corrected chi connectivity index (χ2v) is 10.4. The first-order valence-corrected chi connectivity index (χ1v) is 13.5. The molecule has 208 valence electrons. The molecule has 0 saturated heterocycles. The van der Waals surface area contributed by atoms with Crippen molar-refractivity contribution in [2.75, 3.05) is 6.61 Å². The molecule has 5 aromatic rings. The molecule has 11 nitrogen and oxygen atoms in total. The third kappa shape index (κ3) is 4.62. The largest absolute Gasteiger partial charge is 0.461 e. The van der Waals surface area contributed by atoms with Crippen molar-refractivity contribution in [1.29, 1.82) is 0 Å². The number of esters is 1. The van der Waals surface area contributed by atoms with E-state index < -0.39 is 5.97 Å². The van der Waals surface area contributed by atoms with Crippen LogP contribution in [-0.2, 0) is 29.0 Å². The monoisotopic (exact) mass is 550 g/mol. The molecule has 0 radical (unpaired) electrons. The maximum absolute atomic E-state index is 12.2. The summed E-state index contributed by atoms with van der Waals surface area (Å²) in [6.45, 7) is 10.8. The van der Waals surface area contributed by atoms with Crippen molar-refractivity contribution in [2.45, 2.75) is 54.1 Å². The molecule has 2 aromatic carbocycles. The number of imidazole rings is 1. The highest BCUT2D eigenvalue weighted by Crippen LogP contribution is 2.34. The Morgan fingerprint density at radius 3 is 2.22 bits per heavy atom. The van der Waals surface area contributed by atoms with E-state index in [0.29, 0.717) is 31.8 Å². The van der Waals surface area contributed by atoms with Gasteiger partial charge < -0.3 is 4.74 Å². The molecule has 0 bridgehead atoms. The average Bonchev–Trinajstić information content (AvgIpc) is 3.57. The quantitative estimate of drug-likeness (QED) is 0.297. The number of hydrogen-bond donors (Lipinski definition) is 0. The summed E-state index contributed by atoms with van der Waals surface area (Å²) in [7, 11) is 0. The molecule has 0 fully saturated rings. The van der Waals surface area contributed by atoms with Crippen molar-refractivity contribution >= 4 is 11.8 Å². The topological polar surface area (TPSA) is 123 Å². The van der Waals surface area contributed by atoms with Gasteiger partial charge in [-0.1, -0.05) is 39.8 Å². The van der Waals surface area contributed by atoms with Gasteiger partial charge in [-0.2, -0.15) is 0 Å². The van der Waals surface area contributed by atoms with Crippen molar-refractivity contribution in [2.24, 2.45) is 0 Å². The summed E-state index contributed by atoms with van der Waals surface area (Å²) in [6.07, 6.45) is 2.16. The Bertz CT molecular complexity index is 1830. The third-order valence-electron chi connectivity index (χ3n) is 7.34. The molecule has 0 unspecified atom stereocenters. The normalized spacial score (nSPS) is 13.0. The first-order chi connectivity index (χ1) is 19.7.